The van der Waals surface area contributed by atoms with Crippen molar-refractivity contribution in [3.8, 4) is 11.5 Å². The van der Waals surface area contributed by atoms with Crippen molar-refractivity contribution in [2.24, 2.45) is 0 Å². The summed E-state index contributed by atoms with van der Waals surface area (Å²) in [6, 6.07) is 6.01. The minimum Gasteiger partial charge on any atom is -0.493 e. The van der Waals surface area contributed by atoms with Gasteiger partial charge >= 0.3 is 0 Å². The Kier molecular flexibility index (Phi) is 5.43. The van der Waals surface area contributed by atoms with Crippen LogP contribution >= 0.6 is 0 Å². The lowest BCUT2D eigenvalue weighted by Gasteiger charge is -2.12. The zero-order valence-corrected chi connectivity index (χ0v) is 12.0. The van der Waals surface area contributed by atoms with E-state index in [1.54, 1.807) is 13.3 Å². The predicted molar refractivity (Wildman–Crippen MR) is 78.1 cm³/mol. The van der Waals surface area contributed by atoms with Gasteiger partial charge < -0.3 is 19.4 Å². The standard InChI is InChI=1S/C15H21N3O2/c1-16-11-13-4-5-14(15(10-13)19-2)20-9-3-7-18-8-6-17-12-18/h4-6,8,10,12,16H,3,7,9,11H2,1-2H3. The number of hydrogen-bond acceptors (Lipinski definition) is 4. The summed E-state index contributed by atoms with van der Waals surface area (Å²) < 4.78 is 13.2. The van der Waals surface area contributed by atoms with Crippen LogP contribution in [0.2, 0.25) is 0 Å². The van der Waals surface area contributed by atoms with Gasteiger partial charge in [0.05, 0.1) is 20.0 Å². The minimum absolute atomic E-state index is 0.653. The van der Waals surface area contributed by atoms with E-state index in [4.69, 9.17) is 9.47 Å². The third-order valence-corrected chi connectivity index (χ3v) is 2.99. The first-order valence-corrected chi connectivity index (χ1v) is 6.73. The Labute approximate surface area is 119 Å². The highest BCUT2D eigenvalue weighted by Crippen LogP contribution is 2.28. The molecule has 20 heavy (non-hydrogen) atoms. The second kappa shape index (κ2) is 7.55. The number of nitrogens with zero attached hydrogens (tertiary/aromatic N) is 2. The highest BCUT2D eigenvalue weighted by molar-refractivity contribution is 5.42. The molecule has 0 aliphatic heterocycles. The summed E-state index contributed by atoms with van der Waals surface area (Å²) in [4.78, 5) is 4.01. The average Bonchev–Trinajstić information content (AvgIpc) is 2.98. The van der Waals surface area contributed by atoms with Gasteiger partial charge in [-0.2, -0.15) is 0 Å². The highest BCUT2D eigenvalue weighted by atomic mass is 16.5. The monoisotopic (exact) mass is 275 g/mol. The van der Waals surface area contributed by atoms with Crippen molar-refractivity contribution < 1.29 is 9.47 Å². The number of ether oxygens (including phenoxy) is 2. The summed E-state index contributed by atoms with van der Waals surface area (Å²) in [7, 11) is 3.59. The summed E-state index contributed by atoms with van der Waals surface area (Å²) in [6.07, 6.45) is 6.47. The zero-order valence-electron chi connectivity index (χ0n) is 12.0. The molecule has 0 radical (unpaired) electrons. The number of hydrogen-bond donors (Lipinski definition) is 1. The number of aryl methyl sites for hydroxylation is 1. The molecule has 1 heterocycles. The van der Waals surface area contributed by atoms with Crippen molar-refractivity contribution in [1.29, 1.82) is 0 Å². The molecule has 0 aliphatic rings. The van der Waals surface area contributed by atoms with Gasteiger partial charge in [0.1, 0.15) is 0 Å². The van der Waals surface area contributed by atoms with E-state index in [2.05, 4.69) is 10.3 Å². The van der Waals surface area contributed by atoms with Crippen molar-refractivity contribution in [3.05, 3.63) is 42.5 Å². The van der Waals surface area contributed by atoms with Crippen LogP contribution < -0.4 is 14.8 Å². The third kappa shape index (κ3) is 3.99. The molecule has 5 nitrogen and oxygen atoms in total. The molecule has 2 rings (SSSR count). The Bertz CT molecular complexity index is 512. The van der Waals surface area contributed by atoms with Crippen LogP contribution in [0.25, 0.3) is 0 Å². The number of aromatic nitrogens is 2. The fourth-order valence-corrected chi connectivity index (χ4v) is 1.99. The van der Waals surface area contributed by atoms with Gasteiger partial charge in [-0.15, -0.1) is 0 Å². The zero-order chi connectivity index (χ0) is 14.2. The van der Waals surface area contributed by atoms with Crippen LogP contribution in [0.15, 0.2) is 36.9 Å². The van der Waals surface area contributed by atoms with E-state index in [0.29, 0.717) is 6.61 Å². The minimum atomic E-state index is 0.653. The second-order valence-corrected chi connectivity index (χ2v) is 4.52. The fourth-order valence-electron chi connectivity index (χ4n) is 1.99. The summed E-state index contributed by atoms with van der Waals surface area (Å²) in [5.74, 6) is 1.57. The van der Waals surface area contributed by atoms with Crippen LogP contribution in [0, 0.1) is 0 Å². The normalized spacial score (nSPS) is 10.5. The molecule has 0 bridgehead atoms. The maximum atomic E-state index is 5.78. The Morgan fingerprint density at radius 1 is 1.30 bits per heavy atom. The molecule has 0 spiro atoms. The molecule has 1 aromatic carbocycles. The van der Waals surface area contributed by atoms with Gasteiger partial charge in [-0.3, -0.25) is 0 Å². The fraction of sp³-hybridized carbons (Fsp3) is 0.400. The van der Waals surface area contributed by atoms with Crippen LogP contribution in [0.1, 0.15) is 12.0 Å². The number of imidazole rings is 1. The molecule has 0 fully saturated rings. The molecule has 0 saturated carbocycles. The Balaban J connectivity index is 1.85. The molecule has 0 saturated heterocycles. The number of rotatable bonds is 8. The SMILES string of the molecule is CNCc1ccc(OCCCn2ccnc2)c(OC)c1. The Morgan fingerprint density at radius 2 is 2.20 bits per heavy atom. The third-order valence-electron chi connectivity index (χ3n) is 2.99. The lowest BCUT2D eigenvalue weighted by atomic mass is 10.2. The summed E-state index contributed by atoms with van der Waals surface area (Å²) in [5, 5.41) is 3.12. The van der Waals surface area contributed by atoms with Crippen LogP contribution in [0.5, 0.6) is 11.5 Å². The second-order valence-electron chi connectivity index (χ2n) is 4.52. The van der Waals surface area contributed by atoms with Crippen molar-refractivity contribution in [2.75, 3.05) is 20.8 Å². The van der Waals surface area contributed by atoms with Gasteiger partial charge in [0.25, 0.3) is 0 Å². The van der Waals surface area contributed by atoms with Crippen LogP contribution in [0.3, 0.4) is 0 Å². The Morgan fingerprint density at radius 3 is 2.90 bits per heavy atom. The van der Waals surface area contributed by atoms with E-state index in [1.807, 2.05) is 42.3 Å². The van der Waals surface area contributed by atoms with Gasteiger partial charge in [0, 0.05) is 25.5 Å². The topological polar surface area (TPSA) is 48.3 Å². The molecule has 108 valence electrons. The van der Waals surface area contributed by atoms with Gasteiger partial charge in [-0.1, -0.05) is 6.07 Å². The first-order chi connectivity index (χ1) is 9.83. The van der Waals surface area contributed by atoms with Crippen LogP contribution in [0.4, 0.5) is 0 Å². The molecule has 1 N–H and O–H groups in total. The molecule has 0 amide bonds. The molecule has 1 aromatic heterocycles. The quantitative estimate of drug-likeness (QED) is 0.749. The molecule has 5 heteroatoms. The summed E-state index contributed by atoms with van der Waals surface area (Å²) >= 11 is 0. The molecular weight excluding hydrogens is 254 g/mol. The molecule has 0 unspecified atom stereocenters. The summed E-state index contributed by atoms with van der Waals surface area (Å²) in [5.41, 5.74) is 1.18. The van der Waals surface area contributed by atoms with E-state index in [1.165, 1.54) is 5.56 Å². The van der Waals surface area contributed by atoms with Crippen LogP contribution in [-0.2, 0) is 13.1 Å². The molecule has 0 aliphatic carbocycles. The lowest BCUT2D eigenvalue weighted by molar-refractivity contribution is 0.282. The molecule has 0 atom stereocenters. The number of nitrogens with one attached hydrogen (secondary N) is 1. The highest BCUT2D eigenvalue weighted by Gasteiger charge is 2.05. The first-order valence-electron chi connectivity index (χ1n) is 6.73. The van der Waals surface area contributed by atoms with Crippen LogP contribution in [-0.4, -0.2) is 30.3 Å². The number of methoxy groups -OCH3 is 1. The molecule has 2 aromatic rings. The van der Waals surface area contributed by atoms with Gasteiger partial charge in [-0.25, -0.2) is 4.98 Å². The first kappa shape index (κ1) is 14.4. The van der Waals surface area contributed by atoms with Gasteiger partial charge in [0.15, 0.2) is 11.5 Å². The Hall–Kier alpha value is -2.01. The van der Waals surface area contributed by atoms with E-state index in [-0.39, 0.29) is 0 Å². The van der Waals surface area contributed by atoms with E-state index < -0.39 is 0 Å². The predicted octanol–water partition coefficient (Wildman–Crippen LogP) is 2.08. The maximum absolute atomic E-state index is 5.78. The van der Waals surface area contributed by atoms with Crippen molar-refractivity contribution in [2.45, 2.75) is 19.5 Å². The van der Waals surface area contributed by atoms with Gasteiger partial charge in [0.2, 0.25) is 0 Å². The number of benzene rings is 1. The smallest absolute Gasteiger partial charge is 0.161 e. The largest absolute Gasteiger partial charge is 0.493 e. The van der Waals surface area contributed by atoms with E-state index >= 15 is 0 Å². The van der Waals surface area contributed by atoms with Crippen molar-refractivity contribution in [1.82, 2.24) is 14.9 Å². The molecular formula is C15H21N3O2. The van der Waals surface area contributed by atoms with Crippen molar-refractivity contribution >= 4 is 0 Å². The maximum Gasteiger partial charge on any atom is 0.161 e. The lowest BCUT2D eigenvalue weighted by Crippen LogP contribution is -2.06. The summed E-state index contributed by atoms with van der Waals surface area (Å²) in [6.45, 7) is 2.37. The van der Waals surface area contributed by atoms with Crippen molar-refractivity contribution in [3.63, 3.8) is 0 Å². The van der Waals surface area contributed by atoms with E-state index in [0.717, 1.165) is 31.0 Å². The van der Waals surface area contributed by atoms with Gasteiger partial charge in [-0.05, 0) is 31.2 Å². The van der Waals surface area contributed by atoms with E-state index in [9.17, 15) is 0 Å². The average molecular weight is 275 g/mol.